The average Bonchev–Trinajstić information content (AvgIpc) is 3.18. The smallest absolute Gasteiger partial charge is 0.374 e. The fourth-order valence-electron chi connectivity index (χ4n) is 3.93. The monoisotopic (exact) mass is 466 g/mol. The number of carbonyl (C=O) groups excluding carboxylic acids is 1. The van der Waals surface area contributed by atoms with Crippen molar-refractivity contribution in [2.24, 2.45) is 0 Å². The van der Waals surface area contributed by atoms with Crippen LogP contribution in [0.2, 0.25) is 0 Å². The summed E-state index contributed by atoms with van der Waals surface area (Å²) in [4.78, 5) is 22.0. The van der Waals surface area contributed by atoms with E-state index in [2.05, 4.69) is 9.97 Å². The van der Waals surface area contributed by atoms with Crippen molar-refractivity contribution < 1.29 is 31.9 Å². The van der Waals surface area contributed by atoms with Gasteiger partial charge in [0.15, 0.2) is 5.82 Å². The minimum atomic E-state index is -4.93. The van der Waals surface area contributed by atoms with E-state index in [9.17, 15) is 31.9 Å². The highest BCUT2D eigenvalue weighted by Gasteiger charge is 2.55. The Hall–Kier alpha value is -3.34. The molecule has 3 heterocycles. The number of alkyl halides is 3. The quantitative estimate of drug-likeness (QED) is 0.587. The second-order valence-electron chi connectivity index (χ2n) is 8.13. The van der Waals surface area contributed by atoms with Crippen LogP contribution in [0.15, 0.2) is 42.9 Å². The van der Waals surface area contributed by atoms with E-state index in [1.54, 1.807) is 6.92 Å². The van der Waals surface area contributed by atoms with Crippen LogP contribution in [0.25, 0.3) is 11.1 Å². The van der Waals surface area contributed by atoms with E-state index in [1.807, 2.05) is 0 Å². The number of imidazole rings is 1. The molecule has 0 aliphatic carbocycles. The Morgan fingerprint density at radius 3 is 2.55 bits per heavy atom. The second-order valence-corrected chi connectivity index (χ2v) is 8.13. The van der Waals surface area contributed by atoms with Crippen LogP contribution in [-0.2, 0) is 12.1 Å². The molecule has 4 rings (SSSR count). The molecule has 174 valence electrons. The summed E-state index contributed by atoms with van der Waals surface area (Å²) in [6.45, 7) is 2.22. The van der Waals surface area contributed by atoms with Crippen molar-refractivity contribution in [1.82, 2.24) is 19.4 Å². The van der Waals surface area contributed by atoms with Crippen LogP contribution in [0.4, 0.5) is 22.0 Å². The minimum Gasteiger partial charge on any atom is -0.374 e. The molecule has 3 aromatic rings. The van der Waals surface area contributed by atoms with E-state index < -0.39 is 41.2 Å². The number of halogens is 5. The van der Waals surface area contributed by atoms with E-state index in [0.29, 0.717) is 12.6 Å². The second kappa shape index (κ2) is 7.91. The largest absolute Gasteiger partial charge is 0.424 e. The summed E-state index contributed by atoms with van der Waals surface area (Å²) in [5.74, 6) is -2.35. The van der Waals surface area contributed by atoms with Gasteiger partial charge < -0.3 is 14.6 Å². The first-order valence-electron chi connectivity index (χ1n) is 9.95. The maximum Gasteiger partial charge on any atom is 0.424 e. The minimum absolute atomic E-state index is 0.00791. The van der Waals surface area contributed by atoms with Gasteiger partial charge in [-0.2, -0.15) is 13.2 Å². The Morgan fingerprint density at radius 2 is 1.88 bits per heavy atom. The molecule has 33 heavy (non-hydrogen) atoms. The first kappa shape index (κ1) is 22.8. The number of amides is 1. The molecule has 2 atom stereocenters. The molecule has 1 aliphatic heterocycles. The van der Waals surface area contributed by atoms with Crippen molar-refractivity contribution in [3.8, 4) is 11.1 Å². The summed E-state index contributed by atoms with van der Waals surface area (Å²) in [6, 6.07) is 4.13. The van der Waals surface area contributed by atoms with Crippen LogP contribution in [0.3, 0.4) is 0 Å². The number of aliphatic hydroxyl groups is 1. The fraction of sp³-hybridized carbons (Fsp3) is 0.318. The number of benzene rings is 1. The lowest BCUT2D eigenvalue weighted by Gasteiger charge is -2.36. The topological polar surface area (TPSA) is 71.2 Å². The Kier molecular flexibility index (Phi) is 5.47. The normalized spacial score (nSPS) is 18.1. The van der Waals surface area contributed by atoms with Gasteiger partial charge in [-0.25, -0.2) is 13.8 Å². The van der Waals surface area contributed by atoms with Crippen molar-refractivity contribution in [1.29, 1.82) is 0 Å². The predicted molar refractivity (Wildman–Crippen MR) is 107 cm³/mol. The Balaban J connectivity index is 1.64. The molecule has 1 N–H and O–H groups in total. The number of fused-ring (bicyclic) bond motifs is 1. The zero-order chi connectivity index (χ0) is 24.1. The van der Waals surface area contributed by atoms with E-state index in [0.717, 1.165) is 18.3 Å². The number of nitrogens with zero attached hydrogens (tertiary/aromatic N) is 4. The van der Waals surface area contributed by atoms with Gasteiger partial charge in [-0.1, -0.05) is 0 Å². The SMILES string of the molecule is C[C@H]1CN(C(=O)c2ccc(F)c(-c3cncc(F)c3)c2)Cc2cnc(C(C)(O)C(F)(F)F)n21. The zero-order valence-electron chi connectivity index (χ0n) is 17.6. The molecule has 0 saturated heterocycles. The van der Waals surface area contributed by atoms with Crippen LogP contribution in [0.1, 0.15) is 41.8 Å². The summed E-state index contributed by atoms with van der Waals surface area (Å²) in [5, 5.41) is 10.1. The van der Waals surface area contributed by atoms with Gasteiger partial charge in [0, 0.05) is 29.4 Å². The van der Waals surface area contributed by atoms with Crippen molar-refractivity contribution in [3.05, 3.63) is 71.6 Å². The van der Waals surface area contributed by atoms with Crippen molar-refractivity contribution in [3.63, 3.8) is 0 Å². The summed E-state index contributed by atoms with van der Waals surface area (Å²) in [7, 11) is 0. The molecule has 6 nitrogen and oxygen atoms in total. The highest BCUT2D eigenvalue weighted by Crippen LogP contribution is 2.40. The number of carbonyl (C=O) groups is 1. The third-order valence-corrected chi connectivity index (χ3v) is 5.66. The van der Waals surface area contributed by atoms with Crippen LogP contribution in [-0.4, -0.2) is 43.2 Å². The van der Waals surface area contributed by atoms with Crippen LogP contribution in [0.5, 0.6) is 0 Å². The summed E-state index contributed by atoms with van der Waals surface area (Å²) in [6.07, 6.45) is -1.50. The summed E-state index contributed by atoms with van der Waals surface area (Å²) < 4.78 is 69.2. The van der Waals surface area contributed by atoms with E-state index in [-0.39, 0.29) is 29.8 Å². The summed E-state index contributed by atoms with van der Waals surface area (Å²) >= 11 is 0. The molecule has 0 fully saturated rings. The number of pyridine rings is 1. The van der Waals surface area contributed by atoms with Gasteiger partial charge in [0.1, 0.15) is 11.6 Å². The molecule has 2 aromatic heterocycles. The maximum atomic E-state index is 14.4. The van der Waals surface area contributed by atoms with Gasteiger partial charge >= 0.3 is 6.18 Å². The number of hydrogen-bond donors (Lipinski definition) is 1. The van der Waals surface area contributed by atoms with Crippen LogP contribution >= 0.6 is 0 Å². The molecule has 0 radical (unpaired) electrons. The van der Waals surface area contributed by atoms with E-state index >= 15 is 0 Å². The third kappa shape index (κ3) is 3.97. The van der Waals surface area contributed by atoms with Crippen molar-refractivity contribution >= 4 is 5.91 Å². The van der Waals surface area contributed by atoms with E-state index in [1.165, 1.54) is 34.0 Å². The van der Waals surface area contributed by atoms with Gasteiger partial charge in [0.2, 0.25) is 5.60 Å². The van der Waals surface area contributed by atoms with Gasteiger partial charge in [-0.15, -0.1) is 0 Å². The lowest BCUT2D eigenvalue weighted by molar-refractivity contribution is -0.263. The molecule has 0 spiro atoms. The highest BCUT2D eigenvalue weighted by atomic mass is 19.4. The van der Waals surface area contributed by atoms with E-state index in [4.69, 9.17) is 0 Å². The molecule has 1 aromatic carbocycles. The predicted octanol–water partition coefficient (Wildman–Crippen LogP) is 4.21. The van der Waals surface area contributed by atoms with Gasteiger partial charge in [0.05, 0.1) is 30.7 Å². The van der Waals surface area contributed by atoms with Crippen LogP contribution < -0.4 is 0 Å². The zero-order valence-corrected chi connectivity index (χ0v) is 17.6. The Morgan fingerprint density at radius 1 is 1.15 bits per heavy atom. The third-order valence-electron chi connectivity index (χ3n) is 5.66. The molecule has 0 saturated carbocycles. The molecule has 1 amide bonds. The number of rotatable bonds is 3. The molecule has 1 unspecified atom stereocenters. The molecular formula is C22H19F5N4O2. The first-order valence-corrected chi connectivity index (χ1v) is 9.95. The highest BCUT2D eigenvalue weighted by molar-refractivity contribution is 5.95. The number of aromatic nitrogens is 3. The summed E-state index contributed by atoms with van der Waals surface area (Å²) in [5.41, 5.74) is -2.56. The van der Waals surface area contributed by atoms with Crippen molar-refractivity contribution in [2.45, 2.75) is 38.2 Å². The molecular weight excluding hydrogens is 447 g/mol. The fourth-order valence-corrected chi connectivity index (χ4v) is 3.93. The van der Waals surface area contributed by atoms with Crippen LogP contribution in [0, 0.1) is 11.6 Å². The van der Waals surface area contributed by atoms with Gasteiger partial charge in [-0.3, -0.25) is 9.78 Å². The standard InChI is InChI=1S/C22H19F5N4O2/c1-12-10-30(11-16-9-29-20(31(12)16)21(2,33)22(25,26)27)19(32)13-3-4-18(24)17(6-13)14-5-15(23)8-28-7-14/h3-9,12,33H,10-11H2,1-2H3/t12-,21?/m0/s1. The van der Waals surface area contributed by atoms with Crippen molar-refractivity contribution in [2.75, 3.05) is 6.54 Å². The lowest BCUT2D eigenvalue weighted by Crippen LogP contribution is -2.45. The number of hydrogen-bond acceptors (Lipinski definition) is 4. The van der Waals surface area contributed by atoms with Gasteiger partial charge in [-0.05, 0) is 38.1 Å². The lowest BCUT2D eigenvalue weighted by atomic mass is 10.0. The Bertz CT molecular complexity index is 1220. The Labute approximate surface area is 185 Å². The molecule has 11 heteroatoms. The average molecular weight is 466 g/mol. The van der Waals surface area contributed by atoms with Gasteiger partial charge in [0.25, 0.3) is 5.91 Å². The first-order chi connectivity index (χ1) is 15.4. The molecule has 0 bridgehead atoms. The molecule has 1 aliphatic rings. The maximum absolute atomic E-state index is 14.4.